The van der Waals surface area contributed by atoms with Crippen molar-refractivity contribution in [2.75, 3.05) is 25.6 Å². The Balaban J connectivity index is 0.00000198. The predicted molar refractivity (Wildman–Crippen MR) is 117 cm³/mol. The fourth-order valence-electron chi connectivity index (χ4n) is 2.68. The summed E-state index contributed by atoms with van der Waals surface area (Å²) in [6.45, 7) is 13.9. The first kappa shape index (κ1) is 26.8. The van der Waals surface area contributed by atoms with Gasteiger partial charge in [0.05, 0.1) is 19.1 Å². The van der Waals surface area contributed by atoms with Crippen LogP contribution in [0, 0.1) is 5.92 Å². The highest BCUT2D eigenvalue weighted by Crippen LogP contribution is 2.20. The van der Waals surface area contributed by atoms with Crippen molar-refractivity contribution >= 4 is 23.4 Å². The molecule has 1 aliphatic rings. The zero-order valence-electron chi connectivity index (χ0n) is 18.1. The maximum atomic E-state index is 12.5. The molecular formula is C21H32FN5O3. The molecule has 2 heterocycles. The van der Waals surface area contributed by atoms with Crippen LogP contribution in [0.1, 0.15) is 44.1 Å². The Morgan fingerprint density at radius 2 is 1.87 bits per heavy atom. The van der Waals surface area contributed by atoms with Crippen LogP contribution < -0.4 is 10.6 Å². The lowest BCUT2D eigenvalue weighted by molar-refractivity contribution is -0.132. The lowest BCUT2D eigenvalue weighted by Crippen LogP contribution is -2.40. The van der Waals surface area contributed by atoms with Gasteiger partial charge in [-0.1, -0.05) is 39.2 Å². The van der Waals surface area contributed by atoms with E-state index in [2.05, 4.69) is 34.0 Å². The molecule has 0 unspecified atom stereocenters. The van der Waals surface area contributed by atoms with Gasteiger partial charge >= 0.3 is 0 Å². The molecule has 0 saturated carbocycles. The standard InChI is InChI=1S/C18H23N5O3.C2H6.CH3F/c1-4-5-6-12(2)20-18(26)16-15(11-19-22-16)21-17(25)14-7-9-23(10-8-14)13(3)24;2*1-2/h4-6,11,14H,1-2,7-10H2,3H3,(H,19,22)(H,20,26)(H,21,25);1-2H3;1H3/b6-5-;;. The fraction of sp³-hybridized carbons (Fsp3) is 0.429. The number of hydrogen-bond donors (Lipinski definition) is 3. The highest BCUT2D eigenvalue weighted by atomic mass is 19.1. The number of rotatable bonds is 6. The number of likely N-dealkylation sites (tertiary alicyclic amines) is 1. The third kappa shape index (κ3) is 8.42. The molecule has 2 rings (SSSR count). The monoisotopic (exact) mass is 421 g/mol. The predicted octanol–water partition coefficient (Wildman–Crippen LogP) is 3.20. The topological polar surface area (TPSA) is 107 Å². The molecule has 1 fully saturated rings. The third-order valence-corrected chi connectivity index (χ3v) is 4.14. The molecule has 9 heteroatoms. The van der Waals surface area contributed by atoms with E-state index in [1.807, 2.05) is 13.8 Å². The summed E-state index contributed by atoms with van der Waals surface area (Å²) in [5.74, 6) is -0.831. The van der Waals surface area contributed by atoms with E-state index in [-0.39, 0.29) is 23.4 Å². The number of nitrogens with one attached hydrogen (secondary N) is 3. The maximum absolute atomic E-state index is 12.5. The van der Waals surface area contributed by atoms with Crippen LogP contribution in [0.25, 0.3) is 0 Å². The number of halogens is 1. The van der Waals surface area contributed by atoms with Gasteiger partial charge in [0.2, 0.25) is 11.8 Å². The molecular weight excluding hydrogens is 389 g/mol. The Morgan fingerprint density at radius 3 is 2.40 bits per heavy atom. The first-order valence-corrected chi connectivity index (χ1v) is 9.69. The van der Waals surface area contributed by atoms with Gasteiger partial charge in [-0.3, -0.25) is 23.9 Å². The second kappa shape index (κ2) is 14.7. The second-order valence-electron chi connectivity index (χ2n) is 6.00. The highest BCUT2D eigenvalue weighted by molar-refractivity contribution is 6.03. The molecule has 0 aromatic carbocycles. The Hall–Kier alpha value is -3.23. The molecule has 1 aromatic rings. The zero-order valence-corrected chi connectivity index (χ0v) is 18.1. The Kier molecular flexibility index (Phi) is 13.1. The van der Waals surface area contributed by atoms with Crippen LogP contribution in [-0.4, -0.2) is 53.1 Å². The quantitative estimate of drug-likeness (QED) is 0.613. The summed E-state index contributed by atoms with van der Waals surface area (Å²) >= 11 is 0. The smallest absolute Gasteiger partial charge is 0.275 e. The van der Waals surface area contributed by atoms with Crippen LogP contribution >= 0.6 is 0 Å². The minimum atomic E-state index is -0.456. The van der Waals surface area contributed by atoms with E-state index < -0.39 is 5.91 Å². The summed E-state index contributed by atoms with van der Waals surface area (Å²) in [6.07, 6.45) is 7.38. The summed E-state index contributed by atoms with van der Waals surface area (Å²) in [6, 6.07) is 0. The van der Waals surface area contributed by atoms with Gasteiger partial charge in [-0.25, -0.2) is 0 Å². The number of aromatic amines is 1. The van der Waals surface area contributed by atoms with Gasteiger partial charge in [-0.2, -0.15) is 5.10 Å². The number of piperidine rings is 1. The molecule has 1 saturated heterocycles. The second-order valence-corrected chi connectivity index (χ2v) is 6.00. The summed E-state index contributed by atoms with van der Waals surface area (Å²) in [4.78, 5) is 37.8. The summed E-state index contributed by atoms with van der Waals surface area (Å²) < 4.78 is 9.50. The van der Waals surface area contributed by atoms with Crippen LogP contribution in [0.5, 0.6) is 0 Å². The van der Waals surface area contributed by atoms with Crippen LogP contribution in [0.4, 0.5) is 10.1 Å². The van der Waals surface area contributed by atoms with Gasteiger partial charge in [0, 0.05) is 31.6 Å². The van der Waals surface area contributed by atoms with Crippen LogP contribution in [0.3, 0.4) is 0 Å². The summed E-state index contributed by atoms with van der Waals surface area (Å²) in [7, 11) is 0.500. The van der Waals surface area contributed by atoms with Crippen LogP contribution in [0.2, 0.25) is 0 Å². The average molecular weight is 422 g/mol. The van der Waals surface area contributed by atoms with Gasteiger partial charge in [0.15, 0.2) is 0 Å². The molecule has 0 aliphatic carbocycles. The van der Waals surface area contributed by atoms with Crippen LogP contribution in [0.15, 0.2) is 43.3 Å². The Bertz CT molecular complexity index is 750. The number of H-pyrrole nitrogens is 1. The number of aromatic nitrogens is 2. The van der Waals surface area contributed by atoms with Crippen molar-refractivity contribution in [3.05, 3.63) is 49.0 Å². The van der Waals surface area contributed by atoms with Crippen molar-refractivity contribution in [2.45, 2.75) is 33.6 Å². The van der Waals surface area contributed by atoms with Crippen molar-refractivity contribution < 1.29 is 18.8 Å². The maximum Gasteiger partial charge on any atom is 0.275 e. The Labute approximate surface area is 177 Å². The van der Waals surface area contributed by atoms with Crippen molar-refractivity contribution in [1.29, 1.82) is 0 Å². The summed E-state index contributed by atoms with van der Waals surface area (Å²) in [5.41, 5.74) is 0.841. The third-order valence-electron chi connectivity index (χ3n) is 4.14. The molecule has 1 aliphatic heterocycles. The molecule has 8 nitrogen and oxygen atoms in total. The van der Waals surface area contributed by atoms with Crippen molar-refractivity contribution in [3.63, 3.8) is 0 Å². The van der Waals surface area contributed by atoms with Crippen molar-refractivity contribution in [2.24, 2.45) is 5.92 Å². The molecule has 0 bridgehead atoms. The SMILES string of the molecule is C=C/C=C\C(=C)NC(=O)c1[nH]ncc1NC(=O)C1CCN(C(C)=O)CC1.CC.CF. The van der Waals surface area contributed by atoms with E-state index >= 15 is 0 Å². The number of allylic oxidation sites excluding steroid dienone is 3. The van der Waals surface area contributed by atoms with E-state index in [1.165, 1.54) is 13.1 Å². The minimum Gasteiger partial charge on any atom is -0.343 e. The molecule has 0 atom stereocenters. The number of nitrogens with zero attached hydrogens (tertiary/aromatic N) is 2. The van der Waals surface area contributed by atoms with Gasteiger partial charge in [0.25, 0.3) is 5.91 Å². The number of amides is 3. The lowest BCUT2D eigenvalue weighted by atomic mass is 9.96. The molecule has 166 valence electrons. The van der Waals surface area contributed by atoms with Gasteiger partial charge in [-0.15, -0.1) is 0 Å². The van der Waals surface area contributed by atoms with Crippen molar-refractivity contribution in [1.82, 2.24) is 20.4 Å². The minimum absolute atomic E-state index is 0.0170. The molecule has 3 N–H and O–H groups in total. The number of carbonyl (C=O) groups excluding carboxylic acids is 3. The Morgan fingerprint density at radius 1 is 1.27 bits per heavy atom. The largest absolute Gasteiger partial charge is 0.343 e. The first-order chi connectivity index (χ1) is 14.4. The normalized spacial score (nSPS) is 13.3. The number of alkyl halides is 1. The fourth-order valence-corrected chi connectivity index (χ4v) is 2.68. The zero-order chi connectivity index (χ0) is 23.1. The molecule has 3 amide bonds. The molecule has 1 aromatic heterocycles. The van der Waals surface area contributed by atoms with E-state index in [1.54, 1.807) is 23.1 Å². The van der Waals surface area contributed by atoms with E-state index in [4.69, 9.17) is 0 Å². The van der Waals surface area contributed by atoms with Gasteiger partial charge < -0.3 is 15.5 Å². The average Bonchev–Trinajstić information content (AvgIpc) is 3.23. The number of carbonyl (C=O) groups is 3. The van der Waals surface area contributed by atoms with Gasteiger partial charge in [-0.05, 0) is 18.9 Å². The van der Waals surface area contributed by atoms with Gasteiger partial charge in [0.1, 0.15) is 5.69 Å². The first-order valence-electron chi connectivity index (χ1n) is 9.69. The summed E-state index contributed by atoms with van der Waals surface area (Å²) in [5, 5.41) is 11.7. The van der Waals surface area contributed by atoms with Crippen LogP contribution in [-0.2, 0) is 9.59 Å². The molecule has 30 heavy (non-hydrogen) atoms. The van der Waals surface area contributed by atoms with E-state index in [9.17, 15) is 18.8 Å². The molecule has 0 radical (unpaired) electrons. The van der Waals surface area contributed by atoms with Crippen molar-refractivity contribution in [3.8, 4) is 0 Å². The number of anilines is 1. The van der Waals surface area contributed by atoms with E-state index in [0.717, 1.165) is 0 Å². The highest BCUT2D eigenvalue weighted by Gasteiger charge is 2.27. The number of hydrogen-bond acceptors (Lipinski definition) is 4. The molecule has 0 spiro atoms. The van der Waals surface area contributed by atoms with E-state index in [0.29, 0.717) is 44.5 Å². The lowest BCUT2D eigenvalue weighted by Gasteiger charge is -2.30.